The lowest BCUT2D eigenvalue weighted by Crippen LogP contribution is -2.44. The molecule has 0 saturated heterocycles. The minimum absolute atomic E-state index is 0.193. The number of carbonyl (C=O) groups excluding carboxylic acids is 1. The van der Waals surface area contributed by atoms with E-state index < -0.39 is 28.7 Å². The quantitative estimate of drug-likeness (QED) is 0.611. The Labute approximate surface area is 181 Å². The summed E-state index contributed by atoms with van der Waals surface area (Å²) in [5, 5.41) is 5.98. The Morgan fingerprint density at radius 1 is 1.29 bits per heavy atom. The largest absolute Gasteiger partial charge is 0.417 e. The summed E-state index contributed by atoms with van der Waals surface area (Å²) >= 11 is 5.92. The predicted molar refractivity (Wildman–Crippen MR) is 109 cm³/mol. The first kappa shape index (κ1) is 22.7. The lowest BCUT2D eigenvalue weighted by atomic mass is 10.0. The highest BCUT2D eigenvalue weighted by Gasteiger charge is 2.37. The highest BCUT2D eigenvalue weighted by atomic mass is 35.5. The van der Waals surface area contributed by atoms with Gasteiger partial charge < -0.3 is 10.2 Å². The van der Waals surface area contributed by atoms with E-state index >= 15 is 0 Å². The van der Waals surface area contributed by atoms with Gasteiger partial charge in [-0.05, 0) is 39.0 Å². The zero-order chi connectivity index (χ0) is 22.9. The summed E-state index contributed by atoms with van der Waals surface area (Å²) < 4.78 is 39.5. The van der Waals surface area contributed by atoms with Gasteiger partial charge in [0.2, 0.25) is 5.95 Å². The molecule has 1 aliphatic heterocycles. The van der Waals surface area contributed by atoms with Crippen LogP contribution in [0.5, 0.6) is 0 Å². The van der Waals surface area contributed by atoms with Crippen LogP contribution in [0.2, 0.25) is 5.02 Å². The first-order chi connectivity index (χ1) is 14.5. The van der Waals surface area contributed by atoms with Crippen LogP contribution in [0.25, 0.3) is 0 Å². The van der Waals surface area contributed by atoms with Crippen LogP contribution < -0.4 is 5.32 Å². The van der Waals surface area contributed by atoms with E-state index in [-0.39, 0.29) is 17.8 Å². The minimum Gasteiger partial charge on any atom is -0.330 e. The Bertz CT molecular complexity index is 1050. The first-order valence-electron chi connectivity index (χ1n) is 9.39. The van der Waals surface area contributed by atoms with E-state index in [4.69, 9.17) is 17.1 Å². The van der Waals surface area contributed by atoms with E-state index in [9.17, 15) is 18.0 Å². The fourth-order valence-electron chi connectivity index (χ4n) is 3.51. The number of nitrogens with one attached hydrogen (secondary N) is 2. The Morgan fingerprint density at radius 3 is 2.52 bits per heavy atom. The number of anilines is 1. The van der Waals surface area contributed by atoms with Gasteiger partial charge in [0.1, 0.15) is 5.70 Å². The molecule has 0 bridgehead atoms. The maximum atomic E-state index is 13.2. The third-order valence-electron chi connectivity index (χ3n) is 4.94. The van der Waals surface area contributed by atoms with Crippen LogP contribution in [0.15, 0.2) is 40.8 Å². The van der Waals surface area contributed by atoms with E-state index in [1.54, 1.807) is 6.92 Å². The second kappa shape index (κ2) is 8.62. The average Bonchev–Trinajstić information content (AvgIpc) is 2.66. The molecule has 0 spiro atoms. The molecule has 3 rings (SSSR count). The molecule has 2 N–H and O–H groups in total. The number of aromatic nitrogens is 2. The van der Waals surface area contributed by atoms with Crippen LogP contribution >= 0.6 is 11.6 Å². The number of nitrogens with zero attached hydrogens (tertiary/aromatic N) is 4. The maximum Gasteiger partial charge on any atom is 0.417 e. The topological polar surface area (TPSA) is 94.3 Å². The lowest BCUT2D eigenvalue weighted by Gasteiger charge is -2.35. The Balaban J connectivity index is 1.91. The molecule has 164 valence electrons. The molecule has 0 fully saturated rings. The van der Waals surface area contributed by atoms with Gasteiger partial charge in [0.05, 0.1) is 22.2 Å². The van der Waals surface area contributed by atoms with E-state index in [1.807, 2.05) is 19.9 Å². The van der Waals surface area contributed by atoms with Crippen LogP contribution in [-0.4, -0.2) is 33.4 Å². The smallest absolute Gasteiger partial charge is 0.330 e. The molecule has 1 aromatic heterocycles. The van der Waals surface area contributed by atoms with Gasteiger partial charge >= 0.3 is 6.18 Å². The monoisotopic (exact) mass is 452 g/mol. The zero-order valence-corrected chi connectivity index (χ0v) is 17.8. The summed E-state index contributed by atoms with van der Waals surface area (Å²) in [6, 6.07) is 4.38. The van der Waals surface area contributed by atoms with Gasteiger partial charge in [-0.15, -0.1) is 0 Å². The fourth-order valence-corrected chi connectivity index (χ4v) is 3.82. The van der Waals surface area contributed by atoms with E-state index in [2.05, 4.69) is 20.4 Å². The number of rotatable bonds is 4. The number of halogens is 4. The summed E-state index contributed by atoms with van der Waals surface area (Å²) in [6.45, 7) is 5.49. The molecule has 31 heavy (non-hydrogen) atoms. The summed E-state index contributed by atoms with van der Waals surface area (Å²) in [7, 11) is 0. The van der Waals surface area contributed by atoms with Gasteiger partial charge in [0.25, 0.3) is 5.91 Å². The summed E-state index contributed by atoms with van der Waals surface area (Å²) in [6.07, 6.45) is -4.38. The number of carbonyl (C=O) groups is 1. The standard InChI is InChI=1S/C20H20ClF3N6O/c1-10-9-11(2)27-19(26-10)28-15-7-8-30(12(3)17(15)29-25)18(31)13-5-4-6-14(16(13)21)20(22,23)24/h4-6,9,12,25H,7-8H2,1-3H3,(H,26,27,28)/t12-/m1/s1. The van der Waals surface area contributed by atoms with Gasteiger partial charge in [-0.1, -0.05) is 17.7 Å². The van der Waals surface area contributed by atoms with Crippen molar-refractivity contribution in [2.24, 2.45) is 5.11 Å². The molecule has 2 heterocycles. The summed E-state index contributed by atoms with van der Waals surface area (Å²) in [4.78, 5) is 23.0. The third kappa shape index (κ3) is 4.68. The number of amides is 1. The van der Waals surface area contributed by atoms with Gasteiger partial charge in [-0.25, -0.2) is 15.5 Å². The number of hydrogen-bond donors (Lipinski definition) is 2. The molecule has 11 heteroatoms. The van der Waals surface area contributed by atoms with E-state index in [0.29, 0.717) is 18.1 Å². The lowest BCUT2D eigenvalue weighted by molar-refractivity contribution is -0.137. The van der Waals surface area contributed by atoms with Gasteiger partial charge in [0.15, 0.2) is 0 Å². The molecule has 1 aromatic carbocycles. The Morgan fingerprint density at radius 2 is 1.94 bits per heavy atom. The van der Waals surface area contributed by atoms with E-state index in [0.717, 1.165) is 23.5 Å². The molecule has 1 atom stereocenters. The maximum absolute atomic E-state index is 13.2. The molecule has 2 aromatic rings. The van der Waals surface area contributed by atoms with Crippen LogP contribution in [0.1, 0.15) is 40.7 Å². The molecular formula is C20H20ClF3N6O. The molecule has 1 aliphatic rings. The first-order valence-corrected chi connectivity index (χ1v) is 9.77. The van der Waals surface area contributed by atoms with Crippen LogP contribution in [0.3, 0.4) is 0 Å². The van der Waals surface area contributed by atoms with Gasteiger partial charge in [0, 0.05) is 30.1 Å². The van der Waals surface area contributed by atoms with Crippen molar-refractivity contribution in [1.82, 2.24) is 14.9 Å². The Hall–Kier alpha value is -3.01. The molecule has 0 radical (unpaired) electrons. The average molecular weight is 453 g/mol. The summed E-state index contributed by atoms with van der Waals surface area (Å²) in [5.41, 5.74) is 8.63. The number of benzene rings is 1. The molecule has 1 amide bonds. The van der Waals surface area contributed by atoms with Crippen molar-refractivity contribution in [3.05, 3.63) is 63.2 Å². The highest BCUT2D eigenvalue weighted by Crippen LogP contribution is 2.37. The van der Waals surface area contributed by atoms with Crippen molar-refractivity contribution in [2.45, 2.75) is 39.4 Å². The van der Waals surface area contributed by atoms with Crippen molar-refractivity contribution in [2.75, 3.05) is 11.9 Å². The van der Waals surface area contributed by atoms with Crippen molar-refractivity contribution in [1.29, 1.82) is 5.53 Å². The molecular weight excluding hydrogens is 433 g/mol. The van der Waals surface area contributed by atoms with Gasteiger partial charge in [-0.3, -0.25) is 4.79 Å². The Kier molecular flexibility index (Phi) is 6.30. The molecule has 0 saturated carbocycles. The predicted octanol–water partition coefficient (Wildman–Crippen LogP) is 5.35. The normalized spacial score (nSPS) is 17.0. The zero-order valence-electron chi connectivity index (χ0n) is 17.0. The SMILES string of the molecule is Cc1cc(C)nc(NC2=C(N=N)[C@@H](C)N(C(=O)c3cccc(C(F)(F)F)c3Cl)CC2)n1. The molecule has 0 aliphatic carbocycles. The number of hydrogen-bond acceptors (Lipinski definition) is 6. The summed E-state index contributed by atoms with van der Waals surface area (Å²) in [5.74, 6) is -0.312. The molecule has 7 nitrogen and oxygen atoms in total. The van der Waals surface area contributed by atoms with Crippen molar-refractivity contribution < 1.29 is 18.0 Å². The van der Waals surface area contributed by atoms with Crippen molar-refractivity contribution in [3.63, 3.8) is 0 Å². The van der Waals surface area contributed by atoms with Crippen LogP contribution in [0, 0.1) is 19.4 Å². The number of alkyl halides is 3. The second-order valence-corrected chi connectivity index (χ2v) is 7.54. The van der Waals surface area contributed by atoms with Crippen LogP contribution in [-0.2, 0) is 6.18 Å². The number of aryl methyl sites for hydroxylation is 2. The van der Waals surface area contributed by atoms with Crippen molar-refractivity contribution >= 4 is 23.5 Å². The second-order valence-electron chi connectivity index (χ2n) is 7.16. The minimum atomic E-state index is -4.68. The molecule has 0 unspecified atom stereocenters. The van der Waals surface area contributed by atoms with Crippen molar-refractivity contribution in [3.8, 4) is 0 Å². The van der Waals surface area contributed by atoms with E-state index in [1.165, 1.54) is 11.0 Å². The van der Waals surface area contributed by atoms with Gasteiger partial charge in [-0.2, -0.15) is 18.3 Å². The fraction of sp³-hybridized carbons (Fsp3) is 0.350. The highest BCUT2D eigenvalue weighted by molar-refractivity contribution is 6.34. The van der Waals surface area contributed by atoms with Crippen LogP contribution in [0.4, 0.5) is 19.1 Å². The third-order valence-corrected chi connectivity index (χ3v) is 5.34.